The summed E-state index contributed by atoms with van der Waals surface area (Å²) >= 11 is 0. The van der Waals surface area contributed by atoms with Gasteiger partial charge in [-0.15, -0.1) is 0 Å². The first-order chi connectivity index (χ1) is 14.9. The van der Waals surface area contributed by atoms with Crippen LogP contribution < -0.4 is 14.8 Å². The molecule has 2 N–H and O–H groups in total. The Kier molecular flexibility index (Phi) is 7.23. The maximum Gasteiger partial charge on any atom is 0.248 e. The predicted molar refractivity (Wildman–Crippen MR) is 123 cm³/mol. The largest absolute Gasteiger partial charge is 0.495 e. The van der Waals surface area contributed by atoms with Crippen LogP contribution in [0.4, 0.5) is 5.69 Å². The van der Waals surface area contributed by atoms with Crippen LogP contribution in [0.5, 0.6) is 5.75 Å². The number of nitrogens with one attached hydrogen (secondary N) is 2. The van der Waals surface area contributed by atoms with E-state index in [0.29, 0.717) is 12.0 Å². The first-order valence-corrected chi connectivity index (χ1v) is 11.1. The van der Waals surface area contributed by atoms with Gasteiger partial charge < -0.3 is 10.1 Å². The number of hydrogen-bond donors (Lipinski definition) is 2. The normalized spacial score (nSPS) is 11.4. The molecule has 0 saturated carbocycles. The van der Waals surface area contributed by atoms with Crippen molar-refractivity contribution in [3.63, 3.8) is 0 Å². The van der Waals surface area contributed by atoms with E-state index < -0.39 is 10.0 Å². The number of anilines is 1. The zero-order chi connectivity index (χ0) is 22.3. The van der Waals surface area contributed by atoms with Crippen LogP contribution in [0.2, 0.25) is 0 Å². The Morgan fingerprint density at radius 2 is 1.71 bits per heavy atom. The van der Waals surface area contributed by atoms with Crippen molar-refractivity contribution in [2.24, 2.45) is 0 Å². The topological polar surface area (TPSA) is 84.5 Å². The quantitative estimate of drug-likeness (QED) is 0.526. The van der Waals surface area contributed by atoms with Crippen LogP contribution >= 0.6 is 0 Å². The minimum atomic E-state index is -3.70. The number of sulfonamides is 1. The lowest BCUT2D eigenvalue weighted by atomic mass is 10.0. The van der Waals surface area contributed by atoms with Crippen LogP contribution in [0.3, 0.4) is 0 Å². The molecule has 7 heteroatoms. The maximum absolute atomic E-state index is 12.5. The second kappa shape index (κ2) is 10.1. The lowest BCUT2D eigenvalue weighted by Crippen LogP contribution is -2.19. The van der Waals surface area contributed by atoms with E-state index in [1.54, 1.807) is 18.2 Å². The second-order valence-electron chi connectivity index (χ2n) is 6.76. The van der Waals surface area contributed by atoms with Crippen LogP contribution in [-0.4, -0.2) is 28.5 Å². The van der Waals surface area contributed by atoms with Crippen LogP contribution in [0.15, 0.2) is 83.8 Å². The van der Waals surface area contributed by atoms with Gasteiger partial charge in [0.1, 0.15) is 10.6 Å². The number of ether oxygens (including phenoxy) is 1. The number of carbonyl (C=O) groups excluding carboxylic acids is 1. The molecule has 0 saturated heterocycles. The molecule has 0 bridgehead atoms. The molecule has 0 spiro atoms. The Morgan fingerprint density at radius 1 is 1.00 bits per heavy atom. The molecule has 0 aromatic heterocycles. The number of amides is 1. The number of para-hydroxylation sites is 1. The van der Waals surface area contributed by atoms with Crippen LogP contribution in [0, 0.1) is 0 Å². The van der Waals surface area contributed by atoms with Crippen molar-refractivity contribution in [3.8, 4) is 5.75 Å². The van der Waals surface area contributed by atoms with Crippen LogP contribution in [0.1, 0.15) is 16.7 Å². The molecule has 3 aromatic rings. The third-order valence-corrected chi connectivity index (χ3v) is 6.12. The molecule has 0 aliphatic rings. The van der Waals surface area contributed by atoms with Gasteiger partial charge in [-0.1, -0.05) is 54.6 Å². The molecule has 0 aliphatic carbocycles. The lowest BCUT2D eigenvalue weighted by molar-refractivity contribution is -0.111. The highest BCUT2D eigenvalue weighted by molar-refractivity contribution is 7.89. The number of hydrogen-bond acceptors (Lipinski definition) is 4. The van der Waals surface area contributed by atoms with Crippen LogP contribution in [0.25, 0.3) is 6.08 Å². The number of carbonyl (C=O) groups is 1. The molecular formula is C24H24N2O4S. The first-order valence-electron chi connectivity index (χ1n) is 9.65. The first kappa shape index (κ1) is 22.3. The van der Waals surface area contributed by atoms with E-state index in [-0.39, 0.29) is 16.6 Å². The number of methoxy groups -OCH3 is 1. The van der Waals surface area contributed by atoms with Crippen molar-refractivity contribution in [1.82, 2.24) is 4.72 Å². The van der Waals surface area contributed by atoms with Crippen molar-refractivity contribution in [2.45, 2.75) is 11.3 Å². The van der Waals surface area contributed by atoms with Crippen molar-refractivity contribution in [2.75, 3.05) is 19.5 Å². The SMILES string of the molecule is CNS(=O)(=O)c1cc(/C=C/C(=O)Nc2ccccc2Cc2ccccc2)ccc1OC. The Hall–Kier alpha value is -3.42. The fourth-order valence-corrected chi connectivity index (χ4v) is 4.00. The number of rotatable bonds is 8. The fourth-order valence-electron chi connectivity index (χ4n) is 3.08. The third-order valence-electron chi connectivity index (χ3n) is 4.69. The van der Waals surface area contributed by atoms with E-state index in [2.05, 4.69) is 10.0 Å². The Balaban J connectivity index is 1.77. The van der Waals surface area contributed by atoms with Crippen molar-refractivity contribution in [3.05, 3.63) is 95.6 Å². The summed E-state index contributed by atoms with van der Waals surface area (Å²) in [7, 11) is -0.962. The van der Waals surface area contributed by atoms with Crippen molar-refractivity contribution < 1.29 is 17.9 Å². The molecule has 0 heterocycles. The zero-order valence-electron chi connectivity index (χ0n) is 17.3. The van der Waals surface area contributed by atoms with Crippen LogP contribution in [-0.2, 0) is 21.2 Å². The molecule has 0 radical (unpaired) electrons. The lowest BCUT2D eigenvalue weighted by Gasteiger charge is -2.10. The molecule has 0 fully saturated rings. The van der Waals surface area contributed by atoms with E-state index in [0.717, 1.165) is 16.8 Å². The van der Waals surface area contributed by atoms with Gasteiger partial charge in [-0.25, -0.2) is 13.1 Å². The molecule has 3 aromatic carbocycles. The van der Waals surface area contributed by atoms with E-state index in [1.165, 1.54) is 26.3 Å². The summed E-state index contributed by atoms with van der Waals surface area (Å²) in [5.74, 6) is -0.0832. The zero-order valence-corrected chi connectivity index (χ0v) is 18.1. The molecule has 0 unspecified atom stereocenters. The average Bonchev–Trinajstić information content (AvgIpc) is 2.79. The highest BCUT2D eigenvalue weighted by atomic mass is 32.2. The van der Waals surface area contributed by atoms with Gasteiger partial charge in [-0.2, -0.15) is 0 Å². The predicted octanol–water partition coefficient (Wildman–Crippen LogP) is 3.85. The summed E-state index contributed by atoms with van der Waals surface area (Å²) in [6, 6.07) is 22.3. The molecule has 31 heavy (non-hydrogen) atoms. The second-order valence-corrected chi connectivity index (χ2v) is 8.61. The third kappa shape index (κ3) is 5.81. The molecule has 6 nitrogen and oxygen atoms in total. The molecule has 0 atom stereocenters. The Morgan fingerprint density at radius 3 is 2.42 bits per heavy atom. The maximum atomic E-state index is 12.5. The molecule has 1 amide bonds. The summed E-state index contributed by atoms with van der Waals surface area (Å²) in [4.78, 5) is 12.5. The fraction of sp³-hybridized carbons (Fsp3) is 0.125. The van der Waals surface area contributed by atoms with Crippen molar-refractivity contribution in [1.29, 1.82) is 0 Å². The van der Waals surface area contributed by atoms with Gasteiger partial charge >= 0.3 is 0 Å². The average molecular weight is 437 g/mol. The van der Waals surface area contributed by atoms with Gasteiger partial charge in [0.15, 0.2) is 0 Å². The molecule has 3 rings (SSSR count). The Bertz CT molecular complexity index is 1190. The minimum Gasteiger partial charge on any atom is -0.495 e. The van der Waals surface area contributed by atoms with E-state index in [9.17, 15) is 13.2 Å². The van der Waals surface area contributed by atoms with Crippen molar-refractivity contribution >= 4 is 27.7 Å². The van der Waals surface area contributed by atoms with Gasteiger partial charge in [-0.05, 0) is 54.4 Å². The van der Waals surface area contributed by atoms with Gasteiger partial charge in [0, 0.05) is 11.8 Å². The minimum absolute atomic E-state index is 0.00765. The summed E-state index contributed by atoms with van der Waals surface area (Å²) in [6.45, 7) is 0. The number of benzene rings is 3. The monoisotopic (exact) mass is 436 g/mol. The molecule has 0 aliphatic heterocycles. The van der Waals surface area contributed by atoms with E-state index >= 15 is 0 Å². The smallest absolute Gasteiger partial charge is 0.248 e. The van der Waals surface area contributed by atoms with Gasteiger partial charge in [0.25, 0.3) is 0 Å². The van der Waals surface area contributed by atoms with E-state index in [4.69, 9.17) is 4.74 Å². The summed E-state index contributed by atoms with van der Waals surface area (Å²) < 4.78 is 31.8. The highest BCUT2D eigenvalue weighted by Crippen LogP contribution is 2.25. The Labute approximate surface area is 182 Å². The molecular weight excluding hydrogens is 412 g/mol. The summed E-state index contributed by atoms with van der Waals surface area (Å²) in [5.41, 5.74) is 3.44. The van der Waals surface area contributed by atoms with Gasteiger partial charge in [0.2, 0.25) is 15.9 Å². The standard InChI is InChI=1S/C24H24N2O4S/c1-25-31(28,29)23-17-19(12-14-22(23)30-2)13-15-24(27)26-21-11-7-6-10-20(21)16-18-8-4-3-5-9-18/h3-15,17,25H,16H2,1-2H3,(H,26,27)/b15-13+. The summed E-state index contributed by atoms with van der Waals surface area (Å²) in [6.07, 6.45) is 3.63. The molecule has 160 valence electrons. The highest BCUT2D eigenvalue weighted by Gasteiger charge is 2.17. The van der Waals surface area contributed by atoms with E-state index in [1.807, 2.05) is 54.6 Å². The van der Waals surface area contributed by atoms with Gasteiger partial charge in [-0.3, -0.25) is 4.79 Å². The van der Waals surface area contributed by atoms with Gasteiger partial charge in [0.05, 0.1) is 7.11 Å². The summed E-state index contributed by atoms with van der Waals surface area (Å²) in [5, 5.41) is 2.90.